The molecule has 1 heterocycles. The van der Waals surface area contributed by atoms with Crippen LogP contribution < -0.4 is 5.84 Å². The van der Waals surface area contributed by atoms with Crippen molar-refractivity contribution >= 4 is 12.2 Å². The SMILES string of the molecule is NN=Cc1ccc(CCCCC2CCCC(=O)O2)cc1. The van der Waals surface area contributed by atoms with E-state index in [0.29, 0.717) is 6.42 Å². The summed E-state index contributed by atoms with van der Waals surface area (Å²) >= 11 is 0. The van der Waals surface area contributed by atoms with Gasteiger partial charge >= 0.3 is 5.97 Å². The van der Waals surface area contributed by atoms with Gasteiger partial charge in [-0.2, -0.15) is 5.10 Å². The smallest absolute Gasteiger partial charge is 0.306 e. The molecule has 0 saturated carbocycles. The average Bonchev–Trinajstić information content (AvgIpc) is 2.46. The molecule has 2 N–H and O–H groups in total. The summed E-state index contributed by atoms with van der Waals surface area (Å²) in [6.45, 7) is 0. The van der Waals surface area contributed by atoms with Gasteiger partial charge in [0.1, 0.15) is 6.10 Å². The highest BCUT2D eigenvalue weighted by molar-refractivity contribution is 5.79. The van der Waals surface area contributed by atoms with E-state index in [2.05, 4.69) is 17.2 Å². The summed E-state index contributed by atoms with van der Waals surface area (Å²) in [5.41, 5.74) is 2.34. The second-order valence-corrected chi connectivity index (χ2v) is 5.27. The number of esters is 1. The minimum absolute atomic E-state index is 0.0293. The number of aryl methyl sites for hydroxylation is 1. The van der Waals surface area contributed by atoms with E-state index in [1.807, 2.05) is 12.1 Å². The van der Waals surface area contributed by atoms with Crippen molar-refractivity contribution in [2.45, 2.75) is 51.0 Å². The lowest BCUT2D eigenvalue weighted by molar-refractivity contribution is -0.154. The zero-order valence-corrected chi connectivity index (χ0v) is 11.8. The molecular weight excluding hydrogens is 252 g/mol. The number of ether oxygens (including phenoxy) is 1. The standard InChI is InChI=1S/C16H22N2O2/c17-18-12-14-10-8-13(9-11-14)4-1-2-5-15-6-3-7-16(19)20-15/h8-12,15H,1-7,17H2. The van der Waals surface area contributed by atoms with Crippen molar-refractivity contribution < 1.29 is 9.53 Å². The molecule has 0 amide bonds. The number of hydrogen-bond donors (Lipinski definition) is 1. The van der Waals surface area contributed by atoms with Gasteiger partial charge in [-0.3, -0.25) is 4.79 Å². The third-order valence-corrected chi connectivity index (χ3v) is 3.65. The molecule has 2 rings (SSSR count). The molecule has 0 bridgehead atoms. The van der Waals surface area contributed by atoms with Gasteiger partial charge in [-0.25, -0.2) is 0 Å². The van der Waals surface area contributed by atoms with Crippen LogP contribution in [-0.2, 0) is 16.0 Å². The van der Waals surface area contributed by atoms with Crippen LogP contribution in [0, 0.1) is 0 Å². The molecule has 0 aromatic heterocycles. The van der Waals surface area contributed by atoms with Gasteiger partial charge in [0.25, 0.3) is 0 Å². The topological polar surface area (TPSA) is 64.7 Å². The Bertz CT molecular complexity index is 454. The van der Waals surface area contributed by atoms with E-state index in [1.165, 1.54) is 5.56 Å². The van der Waals surface area contributed by atoms with Gasteiger partial charge in [-0.1, -0.05) is 24.3 Å². The number of benzene rings is 1. The van der Waals surface area contributed by atoms with Gasteiger partial charge < -0.3 is 10.6 Å². The molecule has 1 aromatic rings. The van der Waals surface area contributed by atoms with Gasteiger partial charge in [-0.15, -0.1) is 0 Å². The Kier molecular flexibility index (Phi) is 5.59. The van der Waals surface area contributed by atoms with E-state index in [4.69, 9.17) is 10.6 Å². The molecule has 1 atom stereocenters. The normalized spacial score (nSPS) is 19.2. The Morgan fingerprint density at radius 3 is 2.80 bits per heavy atom. The highest BCUT2D eigenvalue weighted by Gasteiger charge is 2.19. The fourth-order valence-electron chi connectivity index (χ4n) is 2.54. The Balaban J connectivity index is 1.66. The lowest BCUT2D eigenvalue weighted by Crippen LogP contribution is -2.23. The molecule has 0 spiro atoms. The Hall–Kier alpha value is -1.84. The van der Waals surface area contributed by atoms with Gasteiger partial charge in [0.2, 0.25) is 0 Å². The number of hydrazone groups is 1. The van der Waals surface area contributed by atoms with E-state index in [9.17, 15) is 4.79 Å². The van der Waals surface area contributed by atoms with Crippen LogP contribution in [0.1, 0.15) is 49.7 Å². The van der Waals surface area contributed by atoms with E-state index in [-0.39, 0.29) is 12.1 Å². The molecule has 1 aliphatic heterocycles. The first-order valence-electron chi connectivity index (χ1n) is 7.29. The number of nitrogens with two attached hydrogens (primary N) is 1. The maximum atomic E-state index is 11.2. The summed E-state index contributed by atoms with van der Waals surface area (Å²) in [6, 6.07) is 8.26. The molecule has 1 aromatic carbocycles. The quantitative estimate of drug-likeness (QED) is 0.285. The van der Waals surface area contributed by atoms with Crippen LogP contribution in [0.4, 0.5) is 0 Å². The Morgan fingerprint density at radius 2 is 2.10 bits per heavy atom. The zero-order valence-electron chi connectivity index (χ0n) is 11.8. The van der Waals surface area contributed by atoms with Crippen LogP contribution in [0.3, 0.4) is 0 Å². The van der Waals surface area contributed by atoms with Gasteiger partial charge in [0.05, 0.1) is 6.21 Å². The third-order valence-electron chi connectivity index (χ3n) is 3.65. The molecular formula is C16H22N2O2. The molecule has 4 heteroatoms. The van der Waals surface area contributed by atoms with Gasteiger partial charge in [-0.05, 0) is 49.7 Å². The fourth-order valence-corrected chi connectivity index (χ4v) is 2.54. The summed E-state index contributed by atoms with van der Waals surface area (Å²) in [4.78, 5) is 11.2. The zero-order chi connectivity index (χ0) is 14.2. The maximum Gasteiger partial charge on any atom is 0.306 e. The van der Waals surface area contributed by atoms with Crippen molar-refractivity contribution in [1.82, 2.24) is 0 Å². The van der Waals surface area contributed by atoms with Crippen LogP contribution in [0.5, 0.6) is 0 Å². The number of cyclic esters (lactones) is 1. The summed E-state index contributed by atoms with van der Waals surface area (Å²) < 4.78 is 5.32. The number of hydrogen-bond acceptors (Lipinski definition) is 4. The van der Waals surface area contributed by atoms with Crippen LogP contribution in [0.2, 0.25) is 0 Å². The van der Waals surface area contributed by atoms with Crippen molar-refractivity contribution in [3.63, 3.8) is 0 Å². The minimum atomic E-state index is -0.0293. The summed E-state index contributed by atoms with van der Waals surface area (Å²) in [5, 5.41) is 3.50. The van der Waals surface area contributed by atoms with E-state index < -0.39 is 0 Å². The molecule has 108 valence electrons. The molecule has 1 unspecified atom stereocenters. The van der Waals surface area contributed by atoms with Gasteiger partial charge in [0, 0.05) is 6.42 Å². The maximum absolute atomic E-state index is 11.2. The highest BCUT2D eigenvalue weighted by atomic mass is 16.5. The molecule has 0 radical (unpaired) electrons. The summed E-state index contributed by atoms with van der Waals surface area (Å²) in [7, 11) is 0. The van der Waals surface area contributed by atoms with Crippen LogP contribution in [-0.4, -0.2) is 18.3 Å². The molecule has 20 heavy (non-hydrogen) atoms. The second-order valence-electron chi connectivity index (χ2n) is 5.27. The van der Waals surface area contributed by atoms with Crippen molar-refractivity contribution in [2.75, 3.05) is 0 Å². The number of unbranched alkanes of at least 4 members (excludes halogenated alkanes) is 1. The van der Waals surface area contributed by atoms with E-state index >= 15 is 0 Å². The minimum Gasteiger partial charge on any atom is -0.462 e. The molecule has 0 aliphatic carbocycles. The molecule has 1 saturated heterocycles. The fraction of sp³-hybridized carbons (Fsp3) is 0.500. The first-order valence-corrected chi connectivity index (χ1v) is 7.29. The number of carbonyl (C=O) groups excluding carboxylic acids is 1. The number of nitrogens with zero attached hydrogens (tertiary/aromatic N) is 1. The summed E-state index contributed by atoms with van der Waals surface area (Å²) in [5.74, 6) is 5.08. The van der Waals surface area contributed by atoms with Crippen molar-refractivity contribution in [1.29, 1.82) is 0 Å². The first kappa shape index (κ1) is 14.6. The largest absolute Gasteiger partial charge is 0.462 e. The van der Waals surface area contributed by atoms with E-state index in [1.54, 1.807) is 6.21 Å². The number of rotatable bonds is 6. The highest BCUT2D eigenvalue weighted by Crippen LogP contribution is 2.19. The predicted molar refractivity (Wildman–Crippen MR) is 79.5 cm³/mol. The first-order chi connectivity index (χ1) is 9.78. The monoisotopic (exact) mass is 274 g/mol. The summed E-state index contributed by atoms with van der Waals surface area (Å²) in [6.07, 6.45) is 8.66. The van der Waals surface area contributed by atoms with Crippen LogP contribution in [0.25, 0.3) is 0 Å². The lowest BCUT2D eigenvalue weighted by Gasteiger charge is -2.22. The Labute approximate surface area is 120 Å². The Morgan fingerprint density at radius 1 is 1.30 bits per heavy atom. The molecule has 1 aliphatic rings. The molecule has 4 nitrogen and oxygen atoms in total. The van der Waals surface area contributed by atoms with Crippen molar-refractivity contribution in [2.24, 2.45) is 10.9 Å². The lowest BCUT2D eigenvalue weighted by atomic mass is 10.0. The van der Waals surface area contributed by atoms with Crippen LogP contribution >= 0.6 is 0 Å². The van der Waals surface area contributed by atoms with E-state index in [0.717, 1.165) is 44.1 Å². The molecule has 1 fully saturated rings. The average molecular weight is 274 g/mol. The number of carbonyl (C=O) groups is 1. The van der Waals surface area contributed by atoms with Gasteiger partial charge in [0.15, 0.2) is 0 Å². The predicted octanol–water partition coefficient (Wildman–Crippen LogP) is 2.79. The second kappa shape index (κ2) is 7.68. The van der Waals surface area contributed by atoms with Crippen LogP contribution in [0.15, 0.2) is 29.4 Å². The van der Waals surface area contributed by atoms with Crippen molar-refractivity contribution in [3.8, 4) is 0 Å². The third kappa shape index (κ3) is 4.68. The van der Waals surface area contributed by atoms with Crippen molar-refractivity contribution in [3.05, 3.63) is 35.4 Å².